The Morgan fingerprint density at radius 2 is 1.85 bits per heavy atom. The predicted molar refractivity (Wildman–Crippen MR) is 98.8 cm³/mol. The number of benzene rings is 2. The Morgan fingerprint density at radius 3 is 2.54 bits per heavy atom. The highest BCUT2D eigenvalue weighted by atomic mass is 35.5. The van der Waals surface area contributed by atoms with Gasteiger partial charge in [-0.15, -0.1) is 0 Å². The van der Waals surface area contributed by atoms with Gasteiger partial charge in [0, 0.05) is 24.7 Å². The molecule has 0 unspecified atom stereocenters. The molecule has 1 aliphatic heterocycles. The molecule has 1 amide bonds. The Labute approximate surface area is 157 Å². The van der Waals surface area contributed by atoms with Gasteiger partial charge in [0.15, 0.2) is 5.82 Å². The van der Waals surface area contributed by atoms with Crippen molar-refractivity contribution >= 4 is 45.8 Å². The van der Waals surface area contributed by atoms with E-state index >= 15 is 0 Å². The summed E-state index contributed by atoms with van der Waals surface area (Å²) in [6.07, 6.45) is 0. The maximum absolute atomic E-state index is 13.0. The molecular weight excluding hydrogens is 377 g/mol. The Kier molecular flexibility index (Phi) is 3.64. The zero-order chi connectivity index (χ0) is 18.7. The lowest BCUT2D eigenvalue weighted by Gasteiger charge is -2.11. The van der Waals surface area contributed by atoms with Gasteiger partial charge in [0.1, 0.15) is 0 Å². The molecule has 0 spiro atoms. The van der Waals surface area contributed by atoms with Gasteiger partial charge < -0.3 is 4.90 Å². The van der Waals surface area contributed by atoms with E-state index in [1.807, 2.05) is 0 Å². The molecule has 0 aliphatic carbocycles. The van der Waals surface area contributed by atoms with Crippen molar-refractivity contribution < 1.29 is 9.59 Å². The van der Waals surface area contributed by atoms with Crippen molar-refractivity contribution in [1.82, 2.24) is 14.5 Å². The van der Waals surface area contributed by atoms with Gasteiger partial charge in [-0.25, -0.2) is 4.98 Å². The maximum Gasteiger partial charge on any atom is 0.267 e. The zero-order valence-electron chi connectivity index (χ0n) is 13.7. The molecule has 3 aromatic rings. The molecule has 0 bridgehead atoms. The molecule has 6 nitrogen and oxygen atoms in total. The van der Waals surface area contributed by atoms with Crippen LogP contribution in [0, 0.1) is 0 Å². The number of carbonyl (C=O) groups excluding carboxylic acids is 2. The summed E-state index contributed by atoms with van der Waals surface area (Å²) in [5.74, 6) is -0.689. The fraction of sp³-hybridized carbons (Fsp3) is 0.111. The van der Waals surface area contributed by atoms with Gasteiger partial charge in [0.25, 0.3) is 11.5 Å². The number of hydrogen-bond acceptors (Lipinski definition) is 4. The molecule has 2 aromatic carbocycles. The summed E-state index contributed by atoms with van der Waals surface area (Å²) in [4.78, 5) is 43.6. The van der Waals surface area contributed by atoms with Gasteiger partial charge in [-0.1, -0.05) is 23.2 Å². The number of amides is 1. The summed E-state index contributed by atoms with van der Waals surface area (Å²) >= 11 is 12.1. The second-order valence-electron chi connectivity index (χ2n) is 6.12. The Balaban J connectivity index is 2.02. The fourth-order valence-corrected chi connectivity index (χ4v) is 3.60. The van der Waals surface area contributed by atoms with Gasteiger partial charge in [0.05, 0.1) is 27.2 Å². The highest BCUT2D eigenvalue weighted by Crippen LogP contribution is 2.30. The van der Waals surface area contributed by atoms with E-state index in [0.717, 1.165) is 0 Å². The van der Waals surface area contributed by atoms with Crippen LogP contribution in [0.4, 0.5) is 0 Å². The summed E-state index contributed by atoms with van der Waals surface area (Å²) < 4.78 is 1.23. The van der Waals surface area contributed by atoms with Gasteiger partial charge >= 0.3 is 0 Å². The first-order valence-corrected chi connectivity index (χ1v) is 8.38. The molecular formula is C18H11Cl2N3O3. The lowest BCUT2D eigenvalue weighted by atomic mass is 10.1. The van der Waals surface area contributed by atoms with Crippen LogP contribution in [-0.2, 0) is 0 Å². The largest absolute Gasteiger partial charge is 0.345 e. The predicted octanol–water partition coefficient (Wildman–Crippen LogP) is 2.94. The second-order valence-corrected chi connectivity index (χ2v) is 6.96. The van der Waals surface area contributed by atoms with Crippen molar-refractivity contribution in [2.75, 3.05) is 14.1 Å². The summed E-state index contributed by atoms with van der Waals surface area (Å²) in [7, 11) is 3.24. The average Bonchev–Trinajstić information content (AvgIpc) is 2.86. The molecule has 26 heavy (non-hydrogen) atoms. The molecule has 2 heterocycles. The second kappa shape index (κ2) is 5.65. The van der Waals surface area contributed by atoms with Crippen LogP contribution in [0.3, 0.4) is 0 Å². The lowest BCUT2D eigenvalue weighted by molar-refractivity contribution is 0.0827. The molecule has 130 valence electrons. The molecule has 1 aliphatic rings. The van der Waals surface area contributed by atoms with Crippen LogP contribution in [-0.4, -0.2) is 40.2 Å². The highest BCUT2D eigenvalue weighted by molar-refractivity contribution is 6.38. The minimum absolute atomic E-state index is 0.0229. The first kappa shape index (κ1) is 16.8. The SMILES string of the molecule is CN(C)C(=O)c1ccc2c(c1)C(=O)c1nc3cc(Cl)cc(Cl)c3c(=O)n1-2. The molecule has 4 rings (SSSR count). The van der Waals surface area contributed by atoms with E-state index in [4.69, 9.17) is 23.2 Å². The van der Waals surface area contributed by atoms with E-state index in [0.29, 0.717) is 16.3 Å². The Bertz CT molecular complexity index is 1200. The van der Waals surface area contributed by atoms with E-state index in [9.17, 15) is 14.4 Å². The lowest BCUT2D eigenvalue weighted by Crippen LogP contribution is -2.22. The number of nitrogens with zero attached hydrogens (tertiary/aromatic N) is 3. The standard InChI is InChI=1S/C18H11Cl2N3O3/c1-22(2)17(25)8-3-4-13-10(5-8)15(24)16-21-12-7-9(19)6-11(20)14(12)18(26)23(13)16/h3-7H,1-2H3. The van der Waals surface area contributed by atoms with Crippen molar-refractivity contribution in [3.63, 3.8) is 0 Å². The minimum atomic E-state index is -0.453. The first-order valence-electron chi connectivity index (χ1n) is 7.62. The van der Waals surface area contributed by atoms with Crippen LogP contribution in [0.2, 0.25) is 10.0 Å². The third kappa shape index (κ3) is 2.26. The molecule has 0 atom stereocenters. The topological polar surface area (TPSA) is 72.3 Å². The van der Waals surface area contributed by atoms with E-state index in [1.165, 1.54) is 27.7 Å². The quantitative estimate of drug-likeness (QED) is 0.503. The Morgan fingerprint density at radius 1 is 1.12 bits per heavy atom. The van der Waals surface area contributed by atoms with E-state index in [2.05, 4.69) is 4.98 Å². The average molecular weight is 388 g/mol. The first-order chi connectivity index (χ1) is 12.3. The highest BCUT2D eigenvalue weighted by Gasteiger charge is 2.31. The third-order valence-electron chi connectivity index (χ3n) is 4.23. The van der Waals surface area contributed by atoms with Crippen molar-refractivity contribution in [3.05, 3.63) is 67.7 Å². The van der Waals surface area contributed by atoms with Crippen molar-refractivity contribution in [1.29, 1.82) is 0 Å². The summed E-state index contributed by atoms with van der Waals surface area (Å²) in [5.41, 5.74) is 0.786. The van der Waals surface area contributed by atoms with E-state index in [1.54, 1.807) is 26.2 Å². The van der Waals surface area contributed by atoms with Crippen LogP contribution in [0.1, 0.15) is 26.5 Å². The van der Waals surface area contributed by atoms with Gasteiger partial charge in [0.2, 0.25) is 5.78 Å². The van der Waals surface area contributed by atoms with Crippen LogP contribution in [0.5, 0.6) is 0 Å². The normalized spacial score (nSPS) is 12.2. The number of carbonyl (C=O) groups is 2. The fourth-order valence-electron chi connectivity index (χ4n) is 3.03. The van der Waals surface area contributed by atoms with Crippen molar-refractivity contribution in [3.8, 4) is 5.69 Å². The number of rotatable bonds is 1. The smallest absolute Gasteiger partial charge is 0.267 e. The number of hydrogen-bond donors (Lipinski definition) is 0. The van der Waals surface area contributed by atoms with Gasteiger partial charge in [-0.05, 0) is 30.3 Å². The number of halogens is 2. The van der Waals surface area contributed by atoms with Gasteiger partial charge in [-0.2, -0.15) is 0 Å². The summed E-state index contributed by atoms with van der Waals surface area (Å²) in [6, 6.07) is 7.57. The maximum atomic E-state index is 13.0. The molecule has 0 N–H and O–H groups in total. The number of fused-ring (bicyclic) bond motifs is 4. The molecule has 0 fully saturated rings. The molecule has 0 saturated heterocycles. The summed E-state index contributed by atoms with van der Waals surface area (Å²) in [5, 5.41) is 0.677. The van der Waals surface area contributed by atoms with Crippen LogP contribution in [0.15, 0.2) is 35.1 Å². The zero-order valence-corrected chi connectivity index (χ0v) is 15.2. The number of aromatic nitrogens is 2. The molecule has 8 heteroatoms. The monoisotopic (exact) mass is 387 g/mol. The van der Waals surface area contributed by atoms with Crippen LogP contribution < -0.4 is 5.56 Å². The third-order valence-corrected chi connectivity index (χ3v) is 4.74. The van der Waals surface area contributed by atoms with Crippen LogP contribution in [0.25, 0.3) is 16.6 Å². The van der Waals surface area contributed by atoms with Crippen LogP contribution >= 0.6 is 23.2 Å². The van der Waals surface area contributed by atoms with E-state index < -0.39 is 11.3 Å². The molecule has 0 radical (unpaired) electrons. The van der Waals surface area contributed by atoms with E-state index in [-0.39, 0.29) is 33.2 Å². The molecule has 0 saturated carbocycles. The minimum Gasteiger partial charge on any atom is -0.345 e. The summed E-state index contributed by atoms with van der Waals surface area (Å²) in [6.45, 7) is 0. The Hall–Kier alpha value is -2.70. The van der Waals surface area contributed by atoms with Gasteiger partial charge in [-0.3, -0.25) is 19.0 Å². The number of ketones is 1. The van der Waals surface area contributed by atoms with Crippen molar-refractivity contribution in [2.24, 2.45) is 0 Å². The molecule has 1 aromatic heterocycles. The van der Waals surface area contributed by atoms with Crippen molar-refractivity contribution in [2.45, 2.75) is 0 Å².